The SMILES string of the molecule is CC1CCC(=O)N1c1cccc(NC(=O)c2cnc(-c3ccccn3)nc2)c1. The van der Waals surface area contributed by atoms with E-state index in [4.69, 9.17) is 0 Å². The van der Waals surface area contributed by atoms with Crippen LogP contribution in [-0.2, 0) is 4.79 Å². The summed E-state index contributed by atoms with van der Waals surface area (Å²) in [6.07, 6.45) is 6.01. The van der Waals surface area contributed by atoms with Crippen molar-refractivity contribution in [3.8, 4) is 11.5 Å². The summed E-state index contributed by atoms with van der Waals surface area (Å²) in [7, 11) is 0. The highest BCUT2D eigenvalue weighted by Gasteiger charge is 2.28. The molecule has 0 radical (unpaired) electrons. The summed E-state index contributed by atoms with van der Waals surface area (Å²) in [5, 5.41) is 2.84. The number of rotatable bonds is 4. The molecule has 0 spiro atoms. The first-order valence-electron chi connectivity index (χ1n) is 9.09. The van der Waals surface area contributed by atoms with Crippen LogP contribution in [0.2, 0.25) is 0 Å². The summed E-state index contributed by atoms with van der Waals surface area (Å²) in [4.78, 5) is 39.1. The number of nitrogens with zero attached hydrogens (tertiary/aromatic N) is 4. The third-order valence-corrected chi connectivity index (χ3v) is 4.68. The van der Waals surface area contributed by atoms with Crippen molar-refractivity contribution in [1.82, 2.24) is 15.0 Å². The molecule has 1 saturated heterocycles. The third kappa shape index (κ3) is 3.59. The number of pyridine rings is 1. The Labute approximate surface area is 162 Å². The van der Waals surface area contributed by atoms with Crippen molar-refractivity contribution >= 4 is 23.2 Å². The zero-order chi connectivity index (χ0) is 19.5. The maximum absolute atomic E-state index is 12.5. The van der Waals surface area contributed by atoms with Crippen LogP contribution in [0.15, 0.2) is 61.1 Å². The van der Waals surface area contributed by atoms with Crippen molar-refractivity contribution in [2.24, 2.45) is 0 Å². The van der Waals surface area contributed by atoms with Crippen LogP contribution in [0.25, 0.3) is 11.5 Å². The average Bonchev–Trinajstić information content (AvgIpc) is 3.07. The van der Waals surface area contributed by atoms with Gasteiger partial charge in [-0.05, 0) is 43.7 Å². The number of carbonyl (C=O) groups excluding carboxylic acids is 2. The highest BCUT2D eigenvalue weighted by molar-refractivity contribution is 6.04. The molecule has 0 saturated carbocycles. The predicted octanol–water partition coefficient (Wildman–Crippen LogP) is 3.31. The Morgan fingerprint density at radius 3 is 2.61 bits per heavy atom. The van der Waals surface area contributed by atoms with E-state index < -0.39 is 0 Å². The molecule has 3 aromatic rings. The van der Waals surface area contributed by atoms with Crippen molar-refractivity contribution in [3.05, 3.63) is 66.6 Å². The molecule has 7 nitrogen and oxygen atoms in total. The molecule has 1 fully saturated rings. The van der Waals surface area contributed by atoms with Gasteiger partial charge in [0, 0.05) is 42.4 Å². The van der Waals surface area contributed by atoms with Gasteiger partial charge in [0.05, 0.1) is 5.56 Å². The highest BCUT2D eigenvalue weighted by atomic mass is 16.2. The van der Waals surface area contributed by atoms with E-state index in [2.05, 4.69) is 20.3 Å². The summed E-state index contributed by atoms with van der Waals surface area (Å²) < 4.78 is 0. The molecule has 7 heteroatoms. The summed E-state index contributed by atoms with van der Waals surface area (Å²) in [5.41, 5.74) is 2.39. The Hall–Kier alpha value is -3.61. The molecular formula is C21H19N5O2. The third-order valence-electron chi connectivity index (χ3n) is 4.68. The highest BCUT2D eigenvalue weighted by Crippen LogP contribution is 2.28. The van der Waals surface area contributed by atoms with Gasteiger partial charge in [0.15, 0.2) is 5.82 Å². The molecule has 1 aliphatic heterocycles. The molecule has 0 aliphatic carbocycles. The van der Waals surface area contributed by atoms with E-state index >= 15 is 0 Å². The van der Waals surface area contributed by atoms with Gasteiger partial charge in [0.1, 0.15) is 5.69 Å². The second-order valence-electron chi connectivity index (χ2n) is 6.67. The number of carbonyl (C=O) groups is 2. The van der Waals surface area contributed by atoms with E-state index in [0.717, 1.165) is 12.1 Å². The molecule has 1 unspecified atom stereocenters. The minimum atomic E-state index is -0.314. The first kappa shape index (κ1) is 17.8. The maximum Gasteiger partial charge on any atom is 0.258 e. The smallest absolute Gasteiger partial charge is 0.258 e. The van der Waals surface area contributed by atoms with Crippen molar-refractivity contribution in [3.63, 3.8) is 0 Å². The second kappa shape index (κ2) is 7.56. The lowest BCUT2D eigenvalue weighted by atomic mass is 10.2. The number of hydrogen-bond donors (Lipinski definition) is 1. The van der Waals surface area contributed by atoms with Crippen LogP contribution in [0.1, 0.15) is 30.1 Å². The van der Waals surface area contributed by atoms with E-state index in [1.54, 1.807) is 29.3 Å². The number of benzene rings is 1. The first-order chi connectivity index (χ1) is 13.6. The van der Waals surface area contributed by atoms with Gasteiger partial charge >= 0.3 is 0 Å². The van der Waals surface area contributed by atoms with Crippen molar-refractivity contribution in [1.29, 1.82) is 0 Å². The fraction of sp³-hybridized carbons (Fsp3) is 0.190. The Morgan fingerprint density at radius 2 is 1.93 bits per heavy atom. The van der Waals surface area contributed by atoms with Gasteiger partial charge in [0.2, 0.25) is 5.91 Å². The lowest BCUT2D eigenvalue weighted by Crippen LogP contribution is -2.30. The van der Waals surface area contributed by atoms with E-state index in [1.165, 1.54) is 12.4 Å². The molecule has 0 bridgehead atoms. The summed E-state index contributed by atoms with van der Waals surface area (Å²) in [6, 6.07) is 12.9. The maximum atomic E-state index is 12.5. The van der Waals surface area contributed by atoms with Gasteiger partial charge in [0.25, 0.3) is 5.91 Å². The molecule has 1 aromatic carbocycles. The molecule has 2 aromatic heterocycles. The molecule has 1 atom stereocenters. The molecule has 28 heavy (non-hydrogen) atoms. The minimum absolute atomic E-state index is 0.106. The average molecular weight is 373 g/mol. The number of anilines is 2. The van der Waals surface area contributed by atoms with Gasteiger partial charge in [-0.3, -0.25) is 14.6 Å². The molecule has 140 valence electrons. The number of amides is 2. The fourth-order valence-corrected chi connectivity index (χ4v) is 3.24. The Morgan fingerprint density at radius 1 is 1.11 bits per heavy atom. The standard InChI is InChI=1S/C21H19N5O2/c1-14-8-9-19(27)26(14)17-6-4-5-16(11-17)25-21(28)15-12-23-20(24-13-15)18-7-2-3-10-22-18/h2-7,10-14H,8-9H2,1H3,(H,25,28). The van der Waals surface area contributed by atoms with Crippen LogP contribution in [0.3, 0.4) is 0 Å². The minimum Gasteiger partial charge on any atom is -0.322 e. The monoisotopic (exact) mass is 373 g/mol. The van der Waals surface area contributed by atoms with E-state index in [-0.39, 0.29) is 17.9 Å². The molecular weight excluding hydrogens is 354 g/mol. The van der Waals surface area contributed by atoms with Crippen LogP contribution < -0.4 is 10.2 Å². The van der Waals surface area contributed by atoms with Crippen molar-refractivity contribution in [2.45, 2.75) is 25.8 Å². The zero-order valence-electron chi connectivity index (χ0n) is 15.4. The lowest BCUT2D eigenvalue weighted by Gasteiger charge is -2.22. The van der Waals surface area contributed by atoms with Crippen LogP contribution >= 0.6 is 0 Å². The number of aromatic nitrogens is 3. The predicted molar refractivity (Wildman–Crippen MR) is 106 cm³/mol. The van der Waals surface area contributed by atoms with Crippen molar-refractivity contribution < 1.29 is 9.59 Å². The van der Waals surface area contributed by atoms with Gasteiger partial charge in [-0.15, -0.1) is 0 Å². The number of nitrogens with one attached hydrogen (secondary N) is 1. The van der Waals surface area contributed by atoms with E-state index in [9.17, 15) is 9.59 Å². The second-order valence-corrected chi connectivity index (χ2v) is 6.67. The van der Waals surface area contributed by atoms with Crippen LogP contribution in [-0.4, -0.2) is 32.8 Å². The van der Waals surface area contributed by atoms with Crippen LogP contribution in [0, 0.1) is 0 Å². The molecule has 2 amide bonds. The van der Waals surface area contributed by atoms with E-state index in [1.807, 2.05) is 31.2 Å². The Kier molecular flexibility index (Phi) is 4.80. The summed E-state index contributed by atoms with van der Waals surface area (Å²) in [6.45, 7) is 2.02. The van der Waals surface area contributed by atoms with E-state index in [0.29, 0.717) is 29.2 Å². The van der Waals surface area contributed by atoms with Gasteiger partial charge in [-0.25, -0.2) is 9.97 Å². The largest absolute Gasteiger partial charge is 0.322 e. The normalized spacial score (nSPS) is 16.2. The topological polar surface area (TPSA) is 88.1 Å². The first-order valence-corrected chi connectivity index (χ1v) is 9.09. The molecule has 1 N–H and O–H groups in total. The quantitative estimate of drug-likeness (QED) is 0.758. The van der Waals surface area contributed by atoms with Gasteiger partial charge in [-0.2, -0.15) is 0 Å². The summed E-state index contributed by atoms with van der Waals surface area (Å²) in [5.74, 6) is 0.251. The van der Waals surface area contributed by atoms with Crippen molar-refractivity contribution in [2.75, 3.05) is 10.2 Å². The Bertz CT molecular complexity index is 1000. The van der Waals surface area contributed by atoms with Crippen LogP contribution in [0.4, 0.5) is 11.4 Å². The fourth-order valence-electron chi connectivity index (χ4n) is 3.24. The lowest BCUT2D eigenvalue weighted by molar-refractivity contribution is -0.117. The molecule has 4 rings (SSSR count). The summed E-state index contributed by atoms with van der Waals surface area (Å²) >= 11 is 0. The Balaban J connectivity index is 1.49. The van der Waals surface area contributed by atoms with Gasteiger partial charge in [-0.1, -0.05) is 12.1 Å². The molecule has 1 aliphatic rings. The zero-order valence-corrected chi connectivity index (χ0v) is 15.4. The van der Waals surface area contributed by atoms with Gasteiger partial charge < -0.3 is 10.2 Å². The van der Waals surface area contributed by atoms with Crippen LogP contribution in [0.5, 0.6) is 0 Å². The molecule has 3 heterocycles. The number of hydrogen-bond acceptors (Lipinski definition) is 5.